The van der Waals surface area contributed by atoms with Gasteiger partial charge in [0.2, 0.25) is 0 Å². The van der Waals surface area contributed by atoms with Crippen molar-refractivity contribution in [2.45, 2.75) is 39.5 Å². The Kier molecular flexibility index (Phi) is 6.68. The van der Waals surface area contributed by atoms with Crippen molar-refractivity contribution in [3.05, 3.63) is 19.1 Å². The fraction of sp³-hybridized carbons (Fsp3) is 0.700. The molecule has 0 N–H and O–H groups in total. The Balaban J connectivity index is 3.40. The van der Waals surface area contributed by atoms with E-state index in [1.807, 2.05) is 0 Å². The van der Waals surface area contributed by atoms with Crippen LogP contribution in [-0.2, 0) is 0 Å². The quantitative estimate of drug-likeness (QED) is 0.510. The summed E-state index contributed by atoms with van der Waals surface area (Å²) < 4.78 is 0. The van der Waals surface area contributed by atoms with Crippen LogP contribution in [0.15, 0.2) is 12.2 Å². The predicted molar refractivity (Wildman–Crippen MR) is 47.8 cm³/mol. The first-order valence-electron chi connectivity index (χ1n) is 4.31. The highest BCUT2D eigenvalue weighted by Crippen LogP contribution is 2.09. The average molecular weight is 139 g/mol. The molecule has 0 aromatic carbocycles. The SMILES string of the molecule is [CH2]CC/C=C/C(CC)CC. The number of hydrogen-bond acceptors (Lipinski definition) is 0. The van der Waals surface area contributed by atoms with Crippen molar-refractivity contribution >= 4 is 0 Å². The van der Waals surface area contributed by atoms with Crippen LogP contribution >= 0.6 is 0 Å². The highest BCUT2D eigenvalue weighted by atomic mass is 14.0. The third-order valence-corrected chi connectivity index (χ3v) is 1.83. The molecule has 0 aliphatic carbocycles. The second-order valence-electron chi connectivity index (χ2n) is 2.65. The lowest BCUT2D eigenvalue weighted by atomic mass is 10.0. The summed E-state index contributed by atoms with van der Waals surface area (Å²) in [5.74, 6) is 0.798. The molecule has 0 aliphatic heterocycles. The number of unbranched alkanes of at least 4 members (excludes halogenated alkanes) is 1. The average Bonchev–Trinajstić information content (AvgIpc) is 1.99. The predicted octanol–water partition coefficient (Wildman–Crippen LogP) is 3.59. The van der Waals surface area contributed by atoms with Gasteiger partial charge in [0.15, 0.2) is 0 Å². The van der Waals surface area contributed by atoms with Gasteiger partial charge in [-0.1, -0.05) is 32.9 Å². The van der Waals surface area contributed by atoms with Gasteiger partial charge in [-0.25, -0.2) is 0 Å². The Labute approximate surface area is 65.3 Å². The number of rotatable bonds is 5. The van der Waals surface area contributed by atoms with Gasteiger partial charge in [0, 0.05) is 0 Å². The first-order chi connectivity index (χ1) is 4.85. The zero-order valence-corrected chi connectivity index (χ0v) is 7.27. The first-order valence-corrected chi connectivity index (χ1v) is 4.31. The molecule has 0 atom stereocenters. The molecular formula is C10H19. The standard InChI is InChI=1S/C10H19/c1-4-7-8-9-10(5-2)6-3/h8-10H,1,4-7H2,2-3H3/b9-8+. The van der Waals surface area contributed by atoms with Crippen molar-refractivity contribution in [2.75, 3.05) is 0 Å². The van der Waals surface area contributed by atoms with Crippen LogP contribution in [0, 0.1) is 12.8 Å². The van der Waals surface area contributed by atoms with E-state index in [-0.39, 0.29) is 0 Å². The molecule has 1 radical (unpaired) electrons. The molecule has 10 heavy (non-hydrogen) atoms. The second kappa shape index (κ2) is 6.85. The molecule has 0 rings (SSSR count). The summed E-state index contributed by atoms with van der Waals surface area (Å²) in [6.07, 6.45) is 9.28. The van der Waals surface area contributed by atoms with E-state index in [1.165, 1.54) is 12.8 Å². The van der Waals surface area contributed by atoms with Crippen molar-refractivity contribution in [1.29, 1.82) is 0 Å². The molecule has 0 aliphatic rings. The van der Waals surface area contributed by atoms with E-state index >= 15 is 0 Å². The molecule has 0 spiro atoms. The van der Waals surface area contributed by atoms with Crippen molar-refractivity contribution in [3.8, 4) is 0 Å². The summed E-state index contributed by atoms with van der Waals surface area (Å²) in [4.78, 5) is 0. The molecule has 0 saturated heterocycles. The van der Waals surface area contributed by atoms with Gasteiger partial charge in [0.25, 0.3) is 0 Å². The minimum absolute atomic E-state index is 0.798. The summed E-state index contributed by atoms with van der Waals surface area (Å²) in [7, 11) is 0. The Hall–Kier alpha value is -0.260. The lowest BCUT2D eigenvalue weighted by molar-refractivity contribution is 0.604. The Morgan fingerprint density at radius 2 is 1.90 bits per heavy atom. The maximum atomic E-state index is 3.78. The summed E-state index contributed by atoms with van der Waals surface area (Å²) in [5.41, 5.74) is 0. The molecule has 0 fully saturated rings. The van der Waals surface area contributed by atoms with E-state index in [9.17, 15) is 0 Å². The van der Waals surface area contributed by atoms with Crippen molar-refractivity contribution in [2.24, 2.45) is 5.92 Å². The zero-order chi connectivity index (χ0) is 7.82. The summed E-state index contributed by atoms with van der Waals surface area (Å²) in [6.45, 7) is 8.26. The molecule has 0 nitrogen and oxygen atoms in total. The van der Waals surface area contributed by atoms with Crippen LogP contribution in [0.5, 0.6) is 0 Å². The topological polar surface area (TPSA) is 0 Å². The van der Waals surface area contributed by atoms with E-state index in [4.69, 9.17) is 0 Å². The van der Waals surface area contributed by atoms with Crippen molar-refractivity contribution < 1.29 is 0 Å². The molecule has 59 valence electrons. The lowest BCUT2D eigenvalue weighted by Gasteiger charge is -2.03. The smallest absolute Gasteiger partial charge is 0.0239 e. The van der Waals surface area contributed by atoms with Crippen LogP contribution in [0.1, 0.15) is 39.5 Å². The van der Waals surface area contributed by atoms with E-state index in [2.05, 4.69) is 32.9 Å². The fourth-order valence-electron chi connectivity index (χ4n) is 0.967. The van der Waals surface area contributed by atoms with Crippen LogP contribution in [0.2, 0.25) is 0 Å². The maximum absolute atomic E-state index is 3.78. The molecule has 0 aromatic rings. The molecule has 0 aromatic heterocycles. The van der Waals surface area contributed by atoms with Crippen LogP contribution in [-0.4, -0.2) is 0 Å². The van der Waals surface area contributed by atoms with Crippen LogP contribution < -0.4 is 0 Å². The lowest BCUT2D eigenvalue weighted by Crippen LogP contribution is -1.89. The Morgan fingerprint density at radius 3 is 2.30 bits per heavy atom. The van der Waals surface area contributed by atoms with Gasteiger partial charge in [0.1, 0.15) is 0 Å². The summed E-state index contributed by atoms with van der Waals surface area (Å²) in [6, 6.07) is 0. The van der Waals surface area contributed by atoms with Crippen LogP contribution in [0.4, 0.5) is 0 Å². The van der Waals surface area contributed by atoms with E-state index in [1.54, 1.807) is 0 Å². The Bertz CT molecular complexity index is 78.0. The van der Waals surface area contributed by atoms with E-state index < -0.39 is 0 Å². The third-order valence-electron chi connectivity index (χ3n) is 1.83. The highest BCUT2D eigenvalue weighted by molar-refractivity contribution is 4.87. The van der Waals surface area contributed by atoms with Gasteiger partial charge >= 0.3 is 0 Å². The van der Waals surface area contributed by atoms with Crippen LogP contribution in [0.3, 0.4) is 0 Å². The van der Waals surface area contributed by atoms with Gasteiger partial charge in [-0.05, 0) is 31.6 Å². The third kappa shape index (κ3) is 4.60. The first kappa shape index (κ1) is 9.74. The summed E-state index contributed by atoms with van der Waals surface area (Å²) in [5, 5.41) is 0. The molecule has 0 heteroatoms. The highest BCUT2D eigenvalue weighted by Gasteiger charge is 1.94. The molecule has 0 bridgehead atoms. The van der Waals surface area contributed by atoms with Gasteiger partial charge in [-0.2, -0.15) is 0 Å². The fourth-order valence-corrected chi connectivity index (χ4v) is 0.967. The van der Waals surface area contributed by atoms with Gasteiger partial charge in [-0.3, -0.25) is 0 Å². The maximum Gasteiger partial charge on any atom is -0.0239 e. The van der Waals surface area contributed by atoms with Crippen molar-refractivity contribution in [1.82, 2.24) is 0 Å². The van der Waals surface area contributed by atoms with Crippen molar-refractivity contribution in [3.63, 3.8) is 0 Å². The monoisotopic (exact) mass is 139 g/mol. The molecular weight excluding hydrogens is 120 g/mol. The Morgan fingerprint density at radius 1 is 1.30 bits per heavy atom. The zero-order valence-electron chi connectivity index (χ0n) is 7.27. The van der Waals surface area contributed by atoms with E-state index in [0.717, 1.165) is 18.8 Å². The molecule has 0 saturated carbocycles. The number of hydrogen-bond donors (Lipinski definition) is 0. The summed E-state index contributed by atoms with van der Waals surface area (Å²) >= 11 is 0. The second-order valence-corrected chi connectivity index (χ2v) is 2.65. The minimum atomic E-state index is 0.798. The molecule has 0 heterocycles. The largest absolute Gasteiger partial charge is 0.0883 e. The van der Waals surface area contributed by atoms with Gasteiger partial charge in [-0.15, -0.1) is 0 Å². The van der Waals surface area contributed by atoms with Gasteiger partial charge in [0.05, 0.1) is 0 Å². The van der Waals surface area contributed by atoms with E-state index in [0.29, 0.717) is 0 Å². The number of allylic oxidation sites excluding steroid dienone is 2. The normalized spacial score (nSPS) is 11.6. The molecule has 0 amide bonds. The van der Waals surface area contributed by atoms with Crippen LogP contribution in [0.25, 0.3) is 0 Å². The van der Waals surface area contributed by atoms with Gasteiger partial charge < -0.3 is 0 Å². The molecule has 0 unspecified atom stereocenters. The minimum Gasteiger partial charge on any atom is -0.0883 e.